The van der Waals surface area contributed by atoms with Crippen molar-refractivity contribution in [2.24, 2.45) is 5.73 Å². The van der Waals surface area contributed by atoms with Gasteiger partial charge in [-0.2, -0.15) is 5.10 Å². The lowest BCUT2D eigenvalue weighted by Gasteiger charge is -1.93. The first-order valence-corrected chi connectivity index (χ1v) is 3.01. The van der Waals surface area contributed by atoms with Gasteiger partial charge in [-0.25, -0.2) is 4.98 Å². The molecule has 1 atom stereocenters. The number of aliphatic hydroxyl groups excluding tert-OH is 1. The summed E-state index contributed by atoms with van der Waals surface area (Å²) in [5, 5.41) is 14.9. The number of H-pyrrole nitrogens is 1. The molecule has 5 nitrogen and oxygen atoms in total. The number of nitrogens with two attached hydrogens (primary N) is 1. The van der Waals surface area contributed by atoms with Crippen molar-refractivity contribution >= 4 is 24.8 Å². The van der Waals surface area contributed by atoms with Crippen molar-refractivity contribution in [2.45, 2.75) is 19.6 Å². The van der Waals surface area contributed by atoms with Crippen molar-refractivity contribution in [2.75, 3.05) is 0 Å². The summed E-state index contributed by atoms with van der Waals surface area (Å²) in [6.45, 7) is 1.66. The molecule has 0 aliphatic rings. The molecule has 0 saturated heterocycles. The second-order valence-corrected chi connectivity index (χ2v) is 2.09. The normalized spacial score (nSPS) is 11.2. The molecule has 4 N–H and O–H groups in total. The van der Waals surface area contributed by atoms with Crippen LogP contribution in [0.15, 0.2) is 0 Å². The van der Waals surface area contributed by atoms with E-state index in [1.807, 2.05) is 0 Å². The van der Waals surface area contributed by atoms with Gasteiger partial charge < -0.3 is 10.8 Å². The van der Waals surface area contributed by atoms with Crippen molar-refractivity contribution < 1.29 is 5.11 Å². The van der Waals surface area contributed by atoms with Crippen molar-refractivity contribution in [1.82, 2.24) is 15.2 Å². The molecule has 1 aromatic rings. The Bertz CT molecular complexity index is 215. The molecule has 0 aliphatic heterocycles. The van der Waals surface area contributed by atoms with Crippen LogP contribution in [0.25, 0.3) is 0 Å². The predicted octanol–water partition coefficient (Wildman–Crippen LogP) is 0.160. The molecule has 1 aromatic heterocycles. The van der Waals surface area contributed by atoms with E-state index in [4.69, 9.17) is 10.8 Å². The minimum atomic E-state index is -0.184. The van der Waals surface area contributed by atoms with Gasteiger partial charge in [0.2, 0.25) is 0 Å². The summed E-state index contributed by atoms with van der Waals surface area (Å²) in [6, 6.07) is -0.184. The smallest absolute Gasteiger partial charge is 0.167 e. The number of halogens is 2. The van der Waals surface area contributed by atoms with Crippen molar-refractivity contribution in [1.29, 1.82) is 0 Å². The van der Waals surface area contributed by atoms with Crippen molar-refractivity contribution in [3.05, 3.63) is 11.6 Å². The fraction of sp³-hybridized carbons (Fsp3) is 0.600. The lowest BCUT2D eigenvalue weighted by molar-refractivity contribution is 0.271. The van der Waals surface area contributed by atoms with Crippen LogP contribution in [0.2, 0.25) is 0 Å². The molecule has 0 saturated carbocycles. The maximum atomic E-state index is 8.56. The molecular formula is C5H12Cl2N4O. The van der Waals surface area contributed by atoms with Crippen molar-refractivity contribution in [3.63, 3.8) is 0 Å². The standard InChI is InChI=1S/C5H10N4O.2ClH/c1-3(6)5-7-4(2-10)8-9-5;;/h3,10H,2,6H2,1H3,(H,7,8,9);2*1H/t3-;;/m0../s1. The van der Waals surface area contributed by atoms with E-state index in [-0.39, 0.29) is 37.5 Å². The van der Waals surface area contributed by atoms with E-state index in [2.05, 4.69) is 15.2 Å². The second kappa shape index (κ2) is 6.19. The third-order valence-electron chi connectivity index (χ3n) is 1.11. The summed E-state index contributed by atoms with van der Waals surface area (Å²) < 4.78 is 0. The molecule has 0 aromatic carbocycles. The maximum Gasteiger partial charge on any atom is 0.167 e. The maximum absolute atomic E-state index is 8.56. The summed E-state index contributed by atoms with van der Waals surface area (Å²) in [5.41, 5.74) is 5.46. The SMILES string of the molecule is C[C@H](N)c1n[nH]c(CO)n1.Cl.Cl. The van der Waals surface area contributed by atoms with Crippen LogP contribution < -0.4 is 5.73 Å². The molecule has 12 heavy (non-hydrogen) atoms. The Morgan fingerprint density at radius 2 is 2.17 bits per heavy atom. The second-order valence-electron chi connectivity index (χ2n) is 2.09. The zero-order valence-electron chi connectivity index (χ0n) is 6.52. The van der Waals surface area contributed by atoms with Crippen LogP contribution in [0.3, 0.4) is 0 Å². The van der Waals surface area contributed by atoms with Gasteiger partial charge in [0.15, 0.2) is 5.82 Å². The minimum Gasteiger partial charge on any atom is -0.388 e. The van der Waals surface area contributed by atoms with E-state index in [1.165, 1.54) is 0 Å². The van der Waals surface area contributed by atoms with E-state index in [0.717, 1.165) is 0 Å². The van der Waals surface area contributed by atoms with Gasteiger partial charge in [-0.15, -0.1) is 24.8 Å². The van der Waals surface area contributed by atoms with Crippen LogP contribution in [-0.4, -0.2) is 20.3 Å². The van der Waals surface area contributed by atoms with Gasteiger partial charge in [0.25, 0.3) is 0 Å². The van der Waals surface area contributed by atoms with Crippen LogP contribution >= 0.6 is 24.8 Å². The molecule has 0 radical (unpaired) electrons. The summed E-state index contributed by atoms with van der Waals surface area (Å²) in [5.74, 6) is 0.983. The average molecular weight is 215 g/mol. The van der Waals surface area contributed by atoms with Gasteiger partial charge >= 0.3 is 0 Å². The van der Waals surface area contributed by atoms with Crippen LogP contribution in [0.5, 0.6) is 0 Å². The Morgan fingerprint density at radius 3 is 2.42 bits per heavy atom. The summed E-state index contributed by atoms with van der Waals surface area (Å²) in [7, 11) is 0. The zero-order chi connectivity index (χ0) is 7.56. The molecule has 0 bridgehead atoms. The third kappa shape index (κ3) is 3.36. The highest BCUT2D eigenvalue weighted by molar-refractivity contribution is 5.85. The number of aromatic nitrogens is 3. The van der Waals surface area contributed by atoms with Crippen molar-refractivity contribution in [3.8, 4) is 0 Å². The van der Waals surface area contributed by atoms with Gasteiger partial charge in [-0.1, -0.05) is 0 Å². The highest BCUT2D eigenvalue weighted by atomic mass is 35.5. The Balaban J connectivity index is 0. The Hall–Kier alpha value is -0.360. The number of nitrogens with one attached hydrogen (secondary N) is 1. The lowest BCUT2D eigenvalue weighted by Crippen LogP contribution is -2.06. The first-order valence-electron chi connectivity index (χ1n) is 3.01. The third-order valence-corrected chi connectivity index (χ3v) is 1.11. The Morgan fingerprint density at radius 1 is 1.58 bits per heavy atom. The van der Waals surface area contributed by atoms with E-state index in [0.29, 0.717) is 11.6 Å². The highest BCUT2D eigenvalue weighted by Crippen LogP contribution is 2.00. The van der Waals surface area contributed by atoms with Crippen LogP contribution in [0.1, 0.15) is 24.6 Å². The van der Waals surface area contributed by atoms with Gasteiger partial charge in [-0.05, 0) is 6.92 Å². The van der Waals surface area contributed by atoms with E-state index in [9.17, 15) is 0 Å². The number of aromatic amines is 1. The quantitative estimate of drug-likeness (QED) is 0.655. The molecule has 1 heterocycles. The Kier molecular flexibility index (Phi) is 7.31. The van der Waals surface area contributed by atoms with Crippen LogP contribution in [0.4, 0.5) is 0 Å². The van der Waals surface area contributed by atoms with E-state index in [1.54, 1.807) is 6.92 Å². The number of hydrogen-bond acceptors (Lipinski definition) is 4. The number of hydrogen-bond donors (Lipinski definition) is 3. The molecule has 7 heteroatoms. The molecule has 72 valence electrons. The predicted molar refractivity (Wildman–Crippen MR) is 49.4 cm³/mol. The average Bonchev–Trinajstić information content (AvgIpc) is 2.34. The van der Waals surface area contributed by atoms with Gasteiger partial charge in [0, 0.05) is 0 Å². The number of nitrogens with zero attached hydrogens (tertiary/aromatic N) is 2. The monoisotopic (exact) mass is 214 g/mol. The Labute approximate surface area is 82.6 Å². The largest absolute Gasteiger partial charge is 0.388 e. The minimum absolute atomic E-state index is 0. The fourth-order valence-corrected chi connectivity index (χ4v) is 0.584. The first kappa shape index (κ1) is 14.2. The molecule has 0 aliphatic carbocycles. The molecular weight excluding hydrogens is 203 g/mol. The molecule has 0 fully saturated rings. The van der Waals surface area contributed by atoms with Crippen LogP contribution in [-0.2, 0) is 6.61 Å². The number of rotatable bonds is 2. The molecule has 1 rings (SSSR count). The highest BCUT2D eigenvalue weighted by Gasteiger charge is 2.04. The fourth-order valence-electron chi connectivity index (χ4n) is 0.584. The topological polar surface area (TPSA) is 87.8 Å². The zero-order valence-corrected chi connectivity index (χ0v) is 8.15. The summed E-state index contributed by atoms with van der Waals surface area (Å²) in [4.78, 5) is 3.89. The number of aliphatic hydroxyl groups is 1. The van der Waals surface area contributed by atoms with Gasteiger partial charge in [0.05, 0.1) is 6.04 Å². The van der Waals surface area contributed by atoms with E-state index >= 15 is 0 Å². The molecule has 0 unspecified atom stereocenters. The first-order chi connectivity index (χ1) is 4.74. The lowest BCUT2D eigenvalue weighted by atomic mass is 10.3. The summed E-state index contributed by atoms with van der Waals surface area (Å²) >= 11 is 0. The summed E-state index contributed by atoms with van der Waals surface area (Å²) in [6.07, 6.45) is 0. The van der Waals surface area contributed by atoms with Gasteiger partial charge in [-0.3, -0.25) is 5.10 Å². The van der Waals surface area contributed by atoms with Crippen LogP contribution in [0, 0.1) is 0 Å². The molecule has 0 amide bonds. The van der Waals surface area contributed by atoms with E-state index < -0.39 is 0 Å². The van der Waals surface area contributed by atoms with Gasteiger partial charge in [0.1, 0.15) is 12.4 Å². The molecule has 0 spiro atoms.